The molecule has 1 aromatic rings. The van der Waals surface area contributed by atoms with Gasteiger partial charge in [0.1, 0.15) is 18.2 Å². The van der Waals surface area contributed by atoms with E-state index in [0.717, 1.165) is 5.56 Å². The average molecular weight is 210 g/mol. The Hall–Kier alpha value is -1.84. The van der Waals surface area contributed by atoms with Crippen molar-refractivity contribution < 1.29 is 19.0 Å². The van der Waals surface area contributed by atoms with Crippen molar-refractivity contribution >= 4 is 5.97 Å². The topological polar surface area (TPSA) is 46.5 Å². The fourth-order valence-electron chi connectivity index (χ4n) is 0.956. The molecule has 0 amide bonds. The number of carboxylic acid groups (broad SMARTS) is 1. The summed E-state index contributed by atoms with van der Waals surface area (Å²) < 4.78 is 17.9. The third-order valence-corrected chi connectivity index (χ3v) is 1.85. The van der Waals surface area contributed by atoms with Crippen LogP contribution in [0.1, 0.15) is 5.56 Å². The van der Waals surface area contributed by atoms with Crippen molar-refractivity contribution in [2.24, 2.45) is 0 Å². The van der Waals surface area contributed by atoms with Gasteiger partial charge in [0.05, 0.1) is 5.57 Å². The minimum Gasteiger partial charge on any atom is -0.488 e. The molecule has 0 fully saturated rings. The molecule has 0 bridgehead atoms. The van der Waals surface area contributed by atoms with E-state index in [1.807, 2.05) is 0 Å². The molecule has 0 atom stereocenters. The number of aryl methyl sites for hydroxylation is 1. The van der Waals surface area contributed by atoms with Crippen LogP contribution >= 0.6 is 0 Å². The van der Waals surface area contributed by atoms with E-state index in [2.05, 4.69) is 6.58 Å². The summed E-state index contributed by atoms with van der Waals surface area (Å²) in [6, 6.07) is 4.09. The van der Waals surface area contributed by atoms with E-state index in [4.69, 9.17) is 9.84 Å². The Morgan fingerprint density at radius 2 is 2.27 bits per heavy atom. The highest BCUT2D eigenvalue weighted by Crippen LogP contribution is 2.19. The summed E-state index contributed by atoms with van der Waals surface area (Å²) in [4.78, 5) is 10.4. The summed E-state index contributed by atoms with van der Waals surface area (Å²) >= 11 is 0. The highest BCUT2D eigenvalue weighted by Gasteiger charge is 2.06. The van der Waals surface area contributed by atoms with Crippen molar-refractivity contribution in [3.63, 3.8) is 0 Å². The maximum Gasteiger partial charge on any atom is 0.334 e. The summed E-state index contributed by atoms with van der Waals surface area (Å²) in [6.45, 7) is 4.90. The number of hydrogen-bond acceptors (Lipinski definition) is 2. The van der Waals surface area contributed by atoms with Crippen LogP contribution in [0.3, 0.4) is 0 Å². The van der Waals surface area contributed by atoms with Crippen molar-refractivity contribution in [3.8, 4) is 5.75 Å². The normalized spacial score (nSPS) is 9.73. The van der Waals surface area contributed by atoms with Gasteiger partial charge in [-0.05, 0) is 18.6 Å². The third kappa shape index (κ3) is 3.09. The molecule has 0 radical (unpaired) electrons. The van der Waals surface area contributed by atoms with Crippen molar-refractivity contribution in [1.82, 2.24) is 0 Å². The Bertz CT molecular complexity index is 399. The van der Waals surface area contributed by atoms with E-state index in [9.17, 15) is 9.18 Å². The Morgan fingerprint density at radius 3 is 2.87 bits per heavy atom. The van der Waals surface area contributed by atoms with E-state index >= 15 is 0 Å². The number of carboxylic acids is 1. The fraction of sp³-hybridized carbons (Fsp3) is 0.182. The van der Waals surface area contributed by atoms with Crippen LogP contribution in [0.2, 0.25) is 0 Å². The van der Waals surface area contributed by atoms with Crippen molar-refractivity contribution in [1.29, 1.82) is 0 Å². The predicted octanol–water partition coefficient (Wildman–Crippen LogP) is 2.15. The molecule has 0 aromatic heterocycles. The van der Waals surface area contributed by atoms with Gasteiger partial charge in [0.15, 0.2) is 0 Å². The minimum absolute atomic E-state index is 0.0707. The summed E-state index contributed by atoms with van der Waals surface area (Å²) in [7, 11) is 0. The number of ether oxygens (including phenoxy) is 1. The Labute approximate surface area is 86.8 Å². The van der Waals surface area contributed by atoms with Crippen LogP contribution in [0.25, 0.3) is 0 Å². The van der Waals surface area contributed by atoms with Crippen LogP contribution in [-0.4, -0.2) is 17.7 Å². The lowest BCUT2D eigenvalue weighted by Gasteiger charge is -2.08. The first-order valence-electron chi connectivity index (χ1n) is 4.30. The van der Waals surface area contributed by atoms with Crippen molar-refractivity contribution in [2.75, 3.05) is 6.61 Å². The monoisotopic (exact) mass is 210 g/mol. The summed E-state index contributed by atoms with van der Waals surface area (Å²) in [5, 5.41) is 8.53. The zero-order valence-corrected chi connectivity index (χ0v) is 8.29. The number of benzene rings is 1. The van der Waals surface area contributed by atoms with E-state index in [1.54, 1.807) is 13.0 Å². The van der Waals surface area contributed by atoms with Crippen molar-refractivity contribution in [2.45, 2.75) is 6.92 Å². The average Bonchev–Trinajstić information content (AvgIpc) is 2.18. The second-order valence-electron chi connectivity index (χ2n) is 3.11. The summed E-state index contributed by atoms with van der Waals surface area (Å²) in [5.74, 6) is -1.21. The van der Waals surface area contributed by atoms with E-state index in [0.29, 0.717) is 5.75 Å². The second kappa shape index (κ2) is 4.59. The highest BCUT2D eigenvalue weighted by molar-refractivity contribution is 5.86. The van der Waals surface area contributed by atoms with E-state index in [-0.39, 0.29) is 12.2 Å². The number of aliphatic carboxylic acids is 1. The van der Waals surface area contributed by atoms with Gasteiger partial charge >= 0.3 is 5.97 Å². The number of hydrogen-bond donors (Lipinski definition) is 1. The molecule has 4 heteroatoms. The summed E-state index contributed by atoms with van der Waals surface area (Å²) in [5.41, 5.74) is 0.674. The lowest BCUT2D eigenvalue weighted by Crippen LogP contribution is -2.09. The van der Waals surface area contributed by atoms with Crippen LogP contribution in [0.5, 0.6) is 5.75 Å². The molecule has 0 unspecified atom stereocenters. The Balaban J connectivity index is 2.69. The maximum absolute atomic E-state index is 12.8. The number of carbonyl (C=O) groups is 1. The molecule has 80 valence electrons. The lowest BCUT2D eigenvalue weighted by molar-refractivity contribution is -0.133. The molecule has 0 aliphatic rings. The predicted molar refractivity (Wildman–Crippen MR) is 53.4 cm³/mol. The second-order valence-corrected chi connectivity index (χ2v) is 3.11. The molecule has 0 heterocycles. The molecular weight excluding hydrogens is 199 g/mol. The van der Waals surface area contributed by atoms with Crippen LogP contribution in [0.15, 0.2) is 30.4 Å². The van der Waals surface area contributed by atoms with Gasteiger partial charge < -0.3 is 9.84 Å². The van der Waals surface area contributed by atoms with E-state index in [1.165, 1.54) is 12.1 Å². The van der Waals surface area contributed by atoms with Gasteiger partial charge in [-0.2, -0.15) is 0 Å². The molecule has 1 rings (SSSR count). The van der Waals surface area contributed by atoms with Crippen LogP contribution in [0.4, 0.5) is 4.39 Å². The Kier molecular flexibility index (Phi) is 3.44. The van der Waals surface area contributed by atoms with Crippen LogP contribution in [-0.2, 0) is 4.79 Å². The summed E-state index contributed by atoms with van der Waals surface area (Å²) in [6.07, 6.45) is 0. The van der Waals surface area contributed by atoms with Gasteiger partial charge in [0, 0.05) is 6.07 Å². The SMILES string of the molecule is C=C(COc1cc(F)ccc1C)C(=O)O. The quantitative estimate of drug-likeness (QED) is 0.774. The molecule has 0 aliphatic carbocycles. The highest BCUT2D eigenvalue weighted by atomic mass is 19.1. The van der Waals surface area contributed by atoms with Crippen LogP contribution < -0.4 is 4.74 Å². The molecule has 1 aromatic carbocycles. The third-order valence-electron chi connectivity index (χ3n) is 1.85. The zero-order chi connectivity index (χ0) is 11.4. The number of halogens is 1. The van der Waals surface area contributed by atoms with Gasteiger partial charge in [-0.25, -0.2) is 9.18 Å². The standard InChI is InChI=1S/C11H11FO3/c1-7-3-4-9(12)5-10(7)15-6-8(2)11(13)14/h3-5H,2,6H2,1H3,(H,13,14). The Morgan fingerprint density at radius 1 is 1.60 bits per heavy atom. The van der Waals surface area contributed by atoms with Gasteiger partial charge in [0.25, 0.3) is 0 Å². The first-order chi connectivity index (χ1) is 7.00. The fourth-order valence-corrected chi connectivity index (χ4v) is 0.956. The first kappa shape index (κ1) is 11.2. The van der Waals surface area contributed by atoms with Gasteiger partial charge in [-0.3, -0.25) is 0 Å². The zero-order valence-electron chi connectivity index (χ0n) is 8.29. The molecule has 3 nitrogen and oxygen atoms in total. The van der Waals surface area contributed by atoms with Gasteiger partial charge in [-0.1, -0.05) is 12.6 Å². The van der Waals surface area contributed by atoms with E-state index < -0.39 is 11.8 Å². The molecule has 0 spiro atoms. The van der Waals surface area contributed by atoms with Crippen LogP contribution in [0, 0.1) is 12.7 Å². The smallest absolute Gasteiger partial charge is 0.334 e. The first-order valence-corrected chi connectivity index (χ1v) is 4.30. The maximum atomic E-state index is 12.8. The largest absolute Gasteiger partial charge is 0.488 e. The molecule has 0 saturated carbocycles. The molecule has 15 heavy (non-hydrogen) atoms. The molecule has 0 saturated heterocycles. The molecular formula is C11H11FO3. The lowest BCUT2D eigenvalue weighted by atomic mass is 10.2. The van der Waals surface area contributed by atoms with Gasteiger partial charge in [0.2, 0.25) is 0 Å². The molecule has 1 N–H and O–H groups in total. The molecule has 0 aliphatic heterocycles. The van der Waals surface area contributed by atoms with Crippen molar-refractivity contribution in [3.05, 3.63) is 41.7 Å². The minimum atomic E-state index is -1.12. The van der Waals surface area contributed by atoms with Gasteiger partial charge in [-0.15, -0.1) is 0 Å². The number of rotatable bonds is 4.